The number of hydrogen-bond acceptors (Lipinski definition) is 5. The standard InChI is InChI=1S/C22H23BrFN3O5/c1-11(26-10-8-14-15(23)5-6-16(24)19(14)26)12(2)27(13(3)22(30)31)21(29)18-20(28)17(32-4)7-9-25-18/h5-13,28H,1-4H3,(H,30,31). The number of aliphatic carboxylic acids is 1. The lowest BCUT2D eigenvalue weighted by molar-refractivity contribution is -0.142. The van der Waals surface area contributed by atoms with Crippen LogP contribution in [-0.4, -0.2) is 55.7 Å². The fraction of sp³-hybridized carbons (Fsp3) is 0.318. The molecular formula is C22H23BrFN3O5. The number of carboxylic acids is 1. The molecule has 0 aliphatic carbocycles. The summed E-state index contributed by atoms with van der Waals surface area (Å²) >= 11 is 3.41. The fourth-order valence-corrected chi connectivity index (χ4v) is 4.18. The van der Waals surface area contributed by atoms with E-state index in [2.05, 4.69) is 20.9 Å². The van der Waals surface area contributed by atoms with Gasteiger partial charge in [-0.15, -0.1) is 0 Å². The Morgan fingerprint density at radius 2 is 1.91 bits per heavy atom. The maximum absolute atomic E-state index is 14.7. The Balaban J connectivity index is 2.08. The van der Waals surface area contributed by atoms with E-state index in [9.17, 15) is 24.2 Å². The number of carboxylic acid groups (broad SMARTS) is 1. The zero-order chi connectivity index (χ0) is 23.7. The molecule has 3 atom stereocenters. The van der Waals surface area contributed by atoms with Gasteiger partial charge in [0.05, 0.1) is 24.7 Å². The number of carbonyl (C=O) groups is 2. The molecule has 0 aliphatic heterocycles. The topological polar surface area (TPSA) is 105 Å². The van der Waals surface area contributed by atoms with E-state index in [4.69, 9.17) is 4.74 Å². The summed E-state index contributed by atoms with van der Waals surface area (Å²) in [7, 11) is 1.33. The number of hydrogen-bond donors (Lipinski definition) is 2. The van der Waals surface area contributed by atoms with Gasteiger partial charge in [-0.25, -0.2) is 14.2 Å². The predicted octanol–water partition coefficient (Wildman–Crippen LogP) is 4.22. The molecule has 0 saturated heterocycles. The van der Waals surface area contributed by atoms with Crippen molar-refractivity contribution in [2.24, 2.45) is 0 Å². The molecule has 0 spiro atoms. The second kappa shape index (κ2) is 9.15. The molecule has 1 amide bonds. The molecule has 2 aromatic heterocycles. The maximum atomic E-state index is 14.7. The number of halogens is 2. The van der Waals surface area contributed by atoms with E-state index < -0.39 is 41.6 Å². The van der Waals surface area contributed by atoms with E-state index in [1.807, 2.05) is 0 Å². The summed E-state index contributed by atoms with van der Waals surface area (Å²) in [5.41, 5.74) is -0.000700. The van der Waals surface area contributed by atoms with Crippen LogP contribution in [0.2, 0.25) is 0 Å². The fourth-order valence-electron chi connectivity index (χ4n) is 3.72. The van der Waals surface area contributed by atoms with Gasteiger partial charge < -0.3 is 24.4 Å². The van der Waals surface area contributed by atoms with Crippen LogP contribution in [0.25, 0.3) is 10.9 Å². The first-order valence-electron chi connectivity index (χ1n) is 9.82. The Bertz CT molecular complexity index is 1180. The zero-order valence-corrected chi connectivity index (χ0v) is 19.5. The minimum atomic E-state index is -1.24. The molecule has 10 heteroatoms. The molecule has 0 fully saturated rings. The molecule has 2 heterocycles. The SMILES string of the molecule is COc1ccnc(C(=O)N(C(C)C(=O)O)C(C)C(C)n2ccc3c(Br)ccc(F)c32)c1O. The third kappa shape index (κ3) is 4.02. The largest absolute Gasteiger partial charge is 0.503 e. The minimum Gasteiger partial charge on any atom is -0.503 e. The van der Waals surface area contributed by atoms with E-state index in [0.717, 1.165) is 4.90 Å². The lowest BCUT2D eigenvalue weighted by Crippen LogP contribution is -2.51. The van der Waals surface area contributed by atoms with E-state index in [1.54, 1.807) is 36.7 Å². The maximum Gasteiger partial charge on any atom is 0.326 e. The monoisotopic (exact) mass is 507 g/mol. The Hall–Kier alpha value is -3.14. The van der Waals surface area contributed by atoms with Crippen molar-refractivity contribution < 1.29 is 28.9 Å². The average molecular weight is 508 g/mol. The van der Waals surface area contributed by atoms with Gasteiger partial charge in [0.2, 0.25) is 0 Å². The highest BCUT2D eigenvalue weighted by Gasteiger charge is 2.36. The molecule has 0 saturated carbocycles. The predicted molar refractivity (Wildman–Crippen MR) is 119 cm³/mol. The van der Waals surface area contributed by atoms with Crippen molar-refractivity contribution in [3.63, 3.8) is 0 Å². The quantitative estimate of drug-likeness (QED) is 0.496. The Morgan fingerprint density at radius 1 is 1.22 bits per heavy atom. The third-order valence-corrected chi connectivity index (χ3v) is 6.36. The van der Waals surface area contributed by atoms with Crippen LogP contribution >= 0.6 is 15.9 Å². The highest BCUT2D eigenvalue weighted by molar-refractivity contribution is 9.10. The van der Waals surface area contributed by atoms with E-state index in [1.165, 1.54) is 32.4 Å². The highest BCUT2D eigenvalue weighted by atomic mass is 79.9. The minimum absolute atomic E-state index is 0.0373. The van der Waals surface area contributed by atoms with Gasteiger partial charge in [0.25, 0.3) is 5.91 Å². The molecule has 3 aromatic rings. The molecule has 2 N–H and O–H groups in total. The summed E-state index contributed by atoms with van der Waals surface area (Å²) in [5.74, 6) is -2.90. The third-order valence-electron chi connectivity index (χ3n) is 5.67. The average Bonchev–Trinajstić information content (AvgIpc) is 3.22. The normalized spacial score (nSPS) is 14.1. The zero-order valence-electron chi connectivity index (χ0n) is 17.9. The van der Waals surface area contributed by atoms with Gasteiger partial charge in [0.1, 0.15) is 11.9 Å². The molecular weight excluding hydrogens is 485 g/mol. The molecule has 0 aliphatic rings. The van der Waals surface area contributed by atoms with Crippen LogP contribution in [0.5, 0.6) is 11.5 Å². The van der Waals surface area contributed by atoms with Crippen LogP contribution in [-0.2, 0) is 4.79 Å². The lowest BCUT2D eigenvalue weighted by atomic mass is 10.1. The van der Waals surface area contributed by atoms with Gasteiger partial charge in [-0.3, -0.25) is 4.79 Å². The first-order chi connectivity index (χ1) is 15.1. The number of amides is 1. The van der Waals surface area contributed by atoms with Crippen molar-refractivity contribution in [1.82, 2.24) is 14.5 Å². The molecule has 8 nitrogen and oxygen atoms in total. The number of nitrogens with zero attached hydrogens (tertiary/aromatic N) is 3. The summed E-state index contributed by atoms with van der Waals surface area (Å²) in [5, 5.41) is 20.7. The Morgan fingerprint density at radius 3 is 2.53 bits per heavy atom. The number of benzene rings is 1. The van der Waals surface area contributed by atoms with Crippen LogP contribution in [0.15, 0.2) is 41.1 Å². The molecule has 3 rings (SSSR count). The van der Waals surface area contributed by atoms with E-state index in [0.29, 0.717) is 15.4 Å². The van der Waals surface area contributed by atoms with Crippen molar-refractivity contribution in [3.05, 3.63) is 52.6 Å². The summed E-state index contributed by atoms with van der Waals surface area (Å²) in [4.78, 5) is 30.3. The second-order valence-electron chi connectivity index (χ2n) is 7.43. The first kappa shape index (κ1) is 23.5. The van der Waals surface area contributed by atoms with E-state index >= 15 is 0 Å². The number of aromatic hydroxyl groups is 1. The van der Waals surface area contributed by atoms with Gasteiger partial charge >= 0.3 is 5.97 Å². The summed E-state index contributed by atoms with van der Waals surface area (Å²) in [6.45, 7) is 4.80. The number of rotatable bonds is 7. The smallest absolute Gasteiger partial charge is 0.326 e. The Kier molecular flexibility index (Phi) is 6.73. The molecule has 0 radical (unpaired) electrons. The number of carbonyl (C=O) groups excluding carboxylic acids is 1. The summed E-state index contributed by atoms with van der Waals surface area (Å²) in [6.07, 6.45) is 2.98. The highest BCUT2D eigenvalue weighted by Crippen LogP contribution is 2.33. The summed E-state index contributed by atoms with van der Waals surface area (Å²) in [6, 6.07) is 3.59. The molecule has 32 heavy (non-hydrogen) atoms. The van der Waals surface area contributed by atoms with Crippen LogP contribution < -0.4 is 4.74 Å². The number of methoxy groups -OCH3 is 1. The molecule has 3 unspecified atom stereocenters. The van der Waals surface area contributed by atoms with Gasteiger partial charge in [0, 0.05) is 28.3 Å². The van der Waals surface area contributed by atoms with E-state index in [-0.39, 0.29) is 11.4 Å². The number of fused-ring (bicyclic) bond motifs is 1. The van der Waals surface area contributed by atoms with Crippen molar-refractivity contribution in [1.29, 1.82) is 0 Å². The van der Waals surface area contributed by atoms with Crippen LogP contribution in [0.3, 0.4) is 0 Å². The summed E-state index contributed by atoms with van der Waals surface area (Å²) < 4.78 is 22.1. The number of ether oxygens (including phenoxy) is 1. The van der Waals surface area contributed by atoms with Gasteiger partial charge in [-0.2, -0.15) is 0 Å². The lowest BCUT2D eigenvalue weighted by Gasteiger charge is -2.36. The van der Waals surface area contributed by atoms with Gasteiger partial charge in [-0.1, -0.05) is 15.9 Å². The molecule has 1 aromatic carbocycles. The number of pyridine rings is 1. The van der Waals surface area contributed by atoms with Crippen LogP contribution in [0.4, 0.5) is 4.39 Å². The second-order valence-corrected chi connectivity index (χ2v) is 8.29. The van der Waals surface area contributed by atoms with Crippen molar-refractivity contribution in [2.75, 3.05) is 7.11 Å². The van der Waals surface area contributed by atoms with Gasteiger partial charge in [0.15, 0.2) is 17.2 Å². The van der Waals surface area contributed by atoms with Crippen molar-refractivity contribution >= 4 is 38.7 Å². The van der Waals surface area contributed by atoms with Crippen molar-refractivity contribution in [2.45, 2.75) is 38.9 Å². The van der Waals surface area contributed by atoms with Crippen LogP contribution in [0, 0.1) is 5.82 Å². The number of aromatic nitrogens is 2. The van der Waals surface area contributed by atoms with Crippen LogP contribution in [0.1, 0.15) is 37.3 Å². The van der Waals surface area contributed by atoms with Gasteiger partial charge in [-0.05, 0) is 39.0 Å². The first-order valence-corrected chi connectivity index (χ1v) is 10.6. The molecule has 0 bridgehead atoms. The van der Waals surface area contributed by atoms with Crippen molar-refractivity contribution in [3.8, 4) is 11.5 Å². The Labute approximate surface area is 192 Å². The molecule has 170 valence electrons.